The third-order valence-electron chi connectivity index (χ3n) is 3.29. The minimum absolute atomic E-state index is 0.0480. The lowest BCUT2D eigenvalue weighted by Gasteiger charge is -2.34. The number of carbonyl (C=O) groups is 1. The van der Waals surface area contributed by atoms with Crippen LogP contribution in [0.25, 0.3) is 0 Å². The standard InChI is InChI=1S/C14H15F7N2O2/c1-2-25-11(24)23-12(13(16,17)18,14(19,20)21)22-8-7-9-5-3-4-6-10(9)15/h3-6,22H,2,7-8H2,1H3,(H,23,24)/p+1. The Morgan fingerprint density at radius 3 is 2.16 bits per heavy atom. The molecule has 142 valence electrons. The van der Waals surface area contributed by atoms with Crippen LogP contribution in [0, 0.1) is 5.82 Å². The third kappa shape index (κ3) is 4.97. The Kier molecular flexibility index (Phi) is 6.63. The number of ether oxygens (including phenoxy) is 1. The van der Waals surface area contributed by atoms with Gasteiger partial charge in [-0.15, -0.1) is 0 Å². The summed E-state index contributed by atoms with van der Waals surface area (Å²) >= 11 is 0. The van der Waals surface area contributed by atoms with Crippen LogP contribution < -0.4 is 10.6 Å². The molecule has 25 heavy (non-hydrogen) atoms. The second kappa shape index (κ2) is 7.89. The SMILES string of the molecule is CCOC(=O)NC([NH2+]CCc1ccccc1F)(C(F)(F)F)C(F)(F)F. The number of benzene rings is 1. The van der Waals surface area contributed by atoms with Crippen LogP contribution in [0.1, 0.15) is 12.5 Å². The number of halogens is 7. The predicted molar refractivity (Wildman–Crippen MR) is 71.9 cm³/mol. The van der Waals surface area contributed by atoms with Crippen molar-refractivity contribution >= 4 is 6.09 Å². The van der Waals surface area contributed by atoms with Crippen molar-refractivity contribution in [3.05, 3.63) is 35.6 Å². The van der Waals surface area contributed by atoms with Crippen molar-refractivity contribution < 1.29 is 45.6 Å². The highest BCUT2D eigenvalue weighted by Crippen LogP contribution is 2.38. The molecule has 4 nitrogen and oxygen atoms in total. The Balaban J connectivity index is 3.04. The minimum Gasteiger partial charge on any atom is -0.450 e. The van der Waals surface area contributed by atoms with Gasteiger partial charge in [0.15, 0.2) is 0 Å². The molecule has 0 radical (unpaired) electrons. The first-order valence-corrected chi connectivity index (χ1v) is 7.10. The van der Waals surface area contributed by atoms with Crippen LogP contribution >= 0.6 is 0 Å². The topological polar surface area (TPSA) is 54.9 Å². The fourth-order valence-electron chi connectivity index (χ4n) is 2.06. The predicted octanol–water partition coefficient (Wildman–Crippen LogP) is 2.50. The van der Waals surface area contributed by atoms with Gasteiger partial charge in [0.25, 0.3) is 0 Å². The zero-order chi connectivity index (χ0) is 19.3. The molecule has 1 rings (SSSR count). The Hall–Kier alpha value is -2.04. The molecule has 0 heterocycles. The number of alkyl carbamates (subject to hydrolysis) is 1. The van der Waals surface area contributed by atoms with Crippen LogP contribution in [0.4, 0.5) is 35.5 Å². The molecule has 1 aromatic carbocycles. The molecular weight excluding hydrogens is 361 g/mol. The fraction of sp³-hybridized carbons (Fsp3) is 0.500. The molecule has 0 aromatic heterocycles. The first-order chi connectivity index (χ1) is 11.4. The number of nitrogens with one attached hydrogen (secondary N) is 1. The van der Waals surface area contributed by atoms with Gasteiger partial charge in [0, 0.05) is 6.42 Å². The van der Waals surface area contributed by atoms with E-state index in [9.17, 15) is 35.5 Å². The van der Waals surface area contributed by atoms with Gasteiger partial charge in [-0.05, 0) is 18.6 Å². The summed E-state index contributed by atoms with van der Waals surface area (Å²) in [6.07, 6.45) is -14.0. The van der Waals surface area contributed by atoms with Crippen molar-refractivity contribution in [3.63, 3.8) is 0 Å². The van der Waals surface area contributed by atoms with E-state index in [-0.39, 0.29) is 10.9 Å². The number of rotatable bonds is 6. The van der Waals surface area contributed by atoms with Gasteiger partial charge in [-0.2, -0.15) is 26.3 Å². The van der Waals surface area contributed by atoms with Crippen LogP contribution in [0.15, 0.2) is 24.3 Å². The average Bonchev–Trinajstić information content (AvgIpc) is 2.46. The van der Waals surface area contributed by atoms with Crippen molar-refractivity contribution in [2.45, 2.75) is 31.4 Å². The summed E-state index contributed by atoms with van der Waals surface area (Å²) in [5.74, 6) is -0.751. The molecule has 3 N–H and O–H groups in total. The molecule has 0 unspecified atom stereocenters. The maximum absolute atomic E-state index is 13.4. The number of alkyl halides is 6. The highest BCUT2D eigenvalue weighted by molar-refractivity contribution is 5.68. The van der Waals surface area contributed by atoms with Crippen molar-refractivity contribution in [1.29, 1.82) is 0 Å². The number of quaternary nitrogens is 1. The lowest BCUT2D eigenvalue weighted by molar-refractivity contribution is -0.784. The molecule has 0 aliphatic carbocycles. The van der Waals surface area contributed by atoms with E-state index >= 15 is 0 Å². The highest BCUT2D eigenvalue weighted by Gasteiger charge is 2.76. The van der Waals surface area contributed by atoms with Crippen LogP contribution in [0.2, 0.25) is 0 Å². The van der Waals surface area contributed by atoms with Gasteiger partial charge in [-0.3, -0.25) is 5.32 Å². The van der Waals surface area contributed by atoms with Gasteiger partial charge in [-0.25, -0.2) is 9.18 Å². The van der Waals surface area contributed by atoms with Gasteiger partial charge in [-0.1, -0.05) is 18.2 Å². The lowest BCUT2D eigenvalue weighted by Crippen LogP contribution is -3.08. The zero-order valence-electron chi connectivity index (χ0n) is 13.0. The normalized spacial score (nSPS) is 12.8. The van der Waals surface area contributed by atoms with Crippen LogP contribution in [0.5, 0.6) is 0 Å². The van der Waals surface area contributed by atoms with Crippen LogP contribution in [-0.2, 0) is 11.2 Å². The largest absolute Gasteiger partial charge is 0.475 e. The molecule has 1 aromatic rings. The number of carbonyl (C=O) groups excluding carboxylic acids is 1. The maximum Gasteiger partial charge on any atom is 0.475 e. The van der Waals surface area contributed by atoms with E-state index in [0.717, 1.165) is 11.4 Å². The number of amides is 1. The summed E-state index contributed by atoms with van der Waals surface area (Å²) in [6, 6.07) is 5.01. The monoisotopic (exact) mass is 377 g/mol. The van der Waals surface area contributed by atoms with Gasteiger partial charge in [0.2, 0.25) is 0 Å². The fourth-order valence-corrected chi connectivity index (χ4v) is 2.06. The Labute approximate surface area is 138 Å². The molecular formula is C14H16F7N2O2+. The molecule has 0 aliphatic heterocycles. The van der Waals surface area contributed by atoms with E-state index in [4.69, 9.17) is 0 Å². The average molecular weight is 377 g/mol. The summed E-state index contributed by atoms with van der Waals surface area (Å²) in [5, 5.41) is 0.723. The first-order valence-electron chi connectivity index (χ1n) is 7.10. The Morgan fingerprint density at radius 2 is 1.68 bits per heavy atom. The Bertz CT molecular complexity index is 573. The molecule has 0 fully saturated rings. The molecule has 0 saturated carbocycles. The van der Waals surface area contributed by atoms with Crippen molar-refractivity contribution in [2.24, 2.45) is 0 Å². The lowest BCUT2D eigenvalue weighted by atomic mass is 10.1. The van der Waals surface area contributed by atoms with E-state index < -0.39 is 49.5 Å². The second-order valence-corrected chi connectivity index (χ2v) is 4.98. The van der Waals surface area contributed by atoms with Crippen molar-refractivity contribution in [2.75, 3.05) is 13.2 Å². The third-order valence-corrected chi connectivity index (χ3v) is 3.29. The van der Waals surface area contributed by atoms with Gasteiger partial charge in [0.05, 0.1) is 13.2 Å². The number of hydrogen-bond acceptors (Lipinski definition) is 2. The summed E-state index contributed by atoms with van der Waals surface area (Å²) in [7, 11) is 0. The molecule has 0 aliphatic rings. The van der Waals surface area contributed by atoms with Gasteiger partial charge in [0.1, 0.15) is 5.82 Å². The molecule has 0 atom stereocenters. The minimum atomic E-state index is -5.87. The molecule has 0 bridgehead atoms. The summed E-state index contributed by atoms with van der Waals surface area (Å²) in [5.41, 5.74) is -4.65. The Morgan fingerprint density at radius 1 is 1.12 bits per heavy atom. The quantitative estimate of drug-likeness (QED) is 0.591. The van der Waals surface area contributed by atoms with E-state index in [2.05, 4.69) is 4.74 Å². The summed E-state index contributed by atoms with van der Waals surface area (Å²) < 4.78 is 96.7. The van der Waals surface area contributed by atoms with Crippen LogP contribution in [0.3, 0.4) is 0 Å². The molecule has 11 heteroatoms. The van der Waals surface area contributed by atoms with E-state index in [1.54, 1.807) is 0 Å². The van der Waals surface area contributed by atoms with E-state index in [1.165, 1.54) is 25.1 Å². The summed E-state index contributed by atoms with van der Waals surface area (Å²) in [6.45, 7) is 0.0313. The molecule has 0 spiro atoms. The molecule has 0 saturated heterocycles. The van der Waals surface area contributed by atoms with Gasteiger partial charge < -0.3 is 10.1 Å². The maximum atomic E-state index is 13.4. The van der Waals surface area contributed by atoms with E-state index in [1.807, 2.05) is 0 Å². The van der Waals surface area contributed by atoms with Gasteiger partial charge >= 0.3 is 24.1 Å². The van der Waals surface area contributed by atoms with Crippen LogP contribution in [-0.4, -0.2) is 37.3 Å². The number of hydrogen-bond donors (Lipinski definition) is 2. The van der Waals surface area contributed by atoms with Crippen molar-refractivity contribution in [3.8, 4) is 0 Å². The zero-order valence-corrected chi connectivity index (χ0v) is 13.0. The molecule has 1 amide bonds. The summed E-state index contributed by atoms with van der Waals surface area (Å²) in [4.78, 5) is 11.2. The van der Waals surface area contributed by atoms with Crippen molar-refractivity contribution in [1.82, 2.24) is 5.32 Å². The smallest absolute Gasteiger partial charge is 0.450 e. The first kappa shape index (κ1) is 21.0. The second-order valence-electron chi connectivity index (χ2n) is 4.98. The number of nitrogens with two attached hydrogens (primary N) is 1. The highest BCUT2D eigenvalue weighted by atomic mass is 19.4. The van der Waals surface area contributed by atoms with E-state index in [0.29, 0.717) is 0 Å².